The maximum absolute atomic E-state index is 11.4. The number of anilines is 2. The fourth-order valence-electron chi connectivity index (χ4n) is 2.96. The Morgan fingerprint density at radius 2 is 1.70 bits per heavy atom. The minimum absolute atomic E-state index is 0.177. The molecule has 0 amide bonds. The number of nitrogen functional groups attached to an aromatic ring is 1. The van der Waals surface area contributed by atoms with E-state index in [0.717, 1.165) is 0 Å². The van der Waals surface area contributed by atoms with E-state index in [2.05, 4.69) is 5.32 Å². The van der Waals surface area contributed by atoms with Gasteiger partial charge >= 0.3 is 0 Å². The highest BCUT2D eigenvalue weighted by Crippen LogP contribution is 2.32. The summed E-state index contributed by atoms with van der Waals surface area (Å²) in [5.41, 5.74) is 6.96. The summed E-state index contributed by atoms with van der Waals surface area (Å²) in [7, 11) is -8.66. The van der Waals surface area contributed by atoms with Crippen LogP contribution in [0.4, 0.5) is 11.4 Å². The predicted molar refractivity (Wildman–Crippen MR) is 104 cm³/mol. The van der Waals surface area contributed by atoms with Crippen LogP contribution in [-0.4, -0.2) is 32.0 Å². The molecule has 0 saturated carbocycles. The van der Waals surface area contributed by atoms with Crippen molar-refractivity contribution >= 4 is 42.4 Å². The summed E-state index contributed by atoms with van der Waals surface area (Å²) in [5, 5.41) is 4.31. The van der Waals surface area contributed by atoms with E-state index in [0.29, 0.717) is 22.1 Å². The molecule has 0 radical (unpaired) electrons. The van der Waals surface area contributed by atoms with Gasteiger partial charge in [-0.15, -0.1) is 0 Å². The van der Waals surface area contributed by atoms with E-state index in [9.17, 15) is 21.4 Å². The highest BCUT2D eigenvalue weighted by molar-refractivity contribution is 7.90. The summed E-state index contributed by atoms with van der Waals surface area (Å²) in [6.45, 7) is 1.77. The molecule has 5 N–H and O–H groups in total. The second-order valence-corrected chi connectivity index (χ2v) is 9.16. The first-order chi connectivity index (χ1) is 12.5. The molecule has 2 unspecified atom stereocenters. The van der Waals surface area contributed by atoms with Gasteiger partial charge in [-0.25, -0.2) is 0 Å². The third kappa shape index (κ3) is 3.98. The molecule has 0 saturated heterocycles. The van der Waals surface area contributed by atoms with Gasteiger partial charge in [-0.2, -0.15) is 16.8 Å². The lowest BCUT2D eigenvalue weighted by Crippen LogP contribution is -2.27. The van der Waals surface area contributed by atoms with Crippen molar-refractivity contribution in [2.24, 2.45) is 5.92 Å². The Morgan fingerprint density at radius 1 is 1.00 bits per heavy atom. The van der Waals surface area contributed by atoms with Crippen LogP contribution in [0.25, 0.3) is 10.8 Å². The van der Waals surface area contributed by atoms with E-state index >= 15 is 0 Å². The SMILES string of the molecule is CC1C=C(S(=O)(=O)O)C=CC1Nc1ccc(N)c2ccc(S(=O)(=O)O)cc12. The molecule has 0 bridgehead atoms. The van der Waals surface area contributed by atoms with Crippen LogP contribution in [0, 0.1) is 5.92 Å². The number of benzene rings is 2. The second-order valence-electron chi connectivity index (χ2n) is 6.32. The van der Waals surface area contributed by atoms with Crippen LogP contribution >= 0.6 is 0 Å². The van der Waals surface area contributed by atoms with Gasteiger partial charge in [-0.05, 0) is 36.3 Å². The highest BCUT2D eigenvalue weighted by Gasteiger charge is 2.23. The summed E-state index contributed by atoms with van der Waals surface area (Å²) in [6, 6.07) is 7.12. The van der Waals surface area contributed by atoms with Gasteiger partial charge in [0, 0.05) is 22.1 Å². The average molecular weight is 410 g/mol. The molecule has 8 nitrogen and oxygen atoms in total. The average Bonchev–Trinajstić information content (AvgIpc) is 2.57. The molecule has 3 rings (SSSR count). The van der Waals surface area contributed by atoms with E-state index in [1.165, 1.54) is 30.4 Å². The number of rotatable bonds is 4. The van der Waals surface area contributed by atoms with Gasteiger partial charge in [-0.3, -0.25) is 9.11 Å². The van der Waals surface area contributed by atoms with Gasteiger partial charge in [0.25, 0.3) is 20.2 Å². The maximum Gasteiger partial charge on any atom is 0.294 e. The summed E-state index contributed by atoms with van der Waals surface area (Å²) in [5.74, 6) is -0.274. The number of nitrogens with one attached hydrogen (secondary N) is 1. The van der Waals surface area contributed by atoms with E-state index in [1.807, 2.05) is 0 Å². The zero-order chi connectivity index (χ0) is 20.0. The first-order valence-electron chi connectivity index (χ1n) is 7.90. The molecule has 27 heavy (non-hydrogen) atoms. The van der Waals surface area contributed by atoms with E-state index in [1.54, 1.807) is 25.1 Å². The van der Waals surface area contributed by atoms with Gasteiger partial charge in [0.05, 0.1) is 15.8 Å². The van der Waals surface area contributed by atoms with Gasteiger partial charge in [-0.1, -0.05) is 25.1 Å². The van der Waals surface area contributed by atoms with Gasteiger partial charge in [0.15, 0.2) is 0 Å². The van der Waals surface area contributed by atoms with Crippen molar-refractivity contribution in [1.29, 1.82) is 0 Å². The van der Waals surface area contributed by atoms with Gasteiger partial charge < -0.3 is 11.1 Å². The molecule has 0 heterocycles. The molecule has 1 aliphatic rings. The van der Waals surface area contributed by atoms with Crippen molar-refractivity contribution in [3.8, 4) is 0 Å². The minimum Gasteiger partial charge on any atom is -0.398 e. The van der Waals surface area contributed by atoms with Gasteiger partial charge in [0.2, 0.25) is 0 Å². The molecule has 0 spiro atoms. The van der Waals surface area contributed by atoms with Crippen molar-refractivity contribution in [3.63, 3.8) is 0 Å². The highest BCUT2D eigenvalue weighted by atomic mass is 32.2. The quantitative estimate of drug-likeness (QED) is 0.444. The molecule has 2 aromatic carbocycles. The molecule has 144 valence electrons. The predicted octanol–water partition coefficient (Wildman–Crippen LogP) is 2.43. The number of hydrogen-bond acceptors (Lipinski definition) is 6. The lowest BCUT2D eigenvalue weighted by molar-refractivity contribution is 0.482. The molecule has 10 heteroatoms. The Balaban J connectivity index is 2.02. The lowest BCUT2D eigenvalue weighted by Gasteiger charge is -2.25. The molecule has 1 aliphatic carbocycles. The van der Waals surface area contributed by atoms with E-state index < -0.39 is 20.2 Å². The van der Waals surface area contributed by atoms with E-state index in [4.69, 9.17) is 10.3 Å². The van der Waals surface area contributed by atoms with Crippen LogP contribution in [0.15, 0.2) is 58.4 Å². The van der Waals surface area contributed by atoms with Crippen LogP contribution in [0.1, 0.15) is 6.92 Å². The summed E-state index contributed by atoms with van der Waals surface area (Å²) in [6.07, 6.45) is 4.33. The molecule has 2 aromatic rings. The molecular weight excluding hydrogens is 392 g/mol. The first-order valence-corrected chi connectivity index (χ1v) is 10.8. The Bertz CT molecular complexity index is 1180. The summed E-state index contributed by atoms with van der Waals surface area (Å²) >= 11 is 0. The fourth-order valence-corrected chi connectivity index (χ4v) is 4.10. The smallest absolute Gasteiger partial charge is 0.294 e. The second kappa shape index (κ2) is 6.64. The van der Waals surface area contributed by atoms with Gasteiger partial charge in [0.1, 0.15) is 0 Å². The number of nitrogens with two attached hydrogens (primary N) is 1. The normalized spacial score (nSPS) is 20.5. The van der Waals surface area contributed by atoms with Crippen molar-refractivity contribution in [1.82, 2.24) is 0 Å². The summed E-state index contributed by atoms with van der Waals surface area (Å²) < 4.78 is 63.9. The third-order valence-corrected chi connectivity index (χ3v) is 6.12. The van der Waals surface area contributed by atoms with Crippen LogP contribution in [-0.2, 0) is 20.2 Å². The molecular formula is C17H18N2O6S2. The topological polar surface area (TPSA) is 147 Å². The molecule has 0 aliphatic heterocycles. The Morgan fingerprint density at radius 3 is 2.30 bits per heavy atom. The number of fused-ring (bicyclic) bond motifs is 1. The summed E-state index contributed by atoms with van der Waals surface area (Å²) in [4.78, 5) is -0.437. The standard InChI is InChI=1S/C17H18N2O6S2/c1-10-8-11(26(20,21)22)3-6-16(10)19-17-7-5-15(18)13-4-2-12(9-14(13)17)27(23,24)25/h2-10,16,19H,18H2,1H3,(H,20,21,22)(H,23,24,25). The van der Waals surface area contributed by atoms with Crippen molar-refractivity contribution in [2.45, 2.75) is 17.9 Å². The van der Waals surface area contributed by atoms with Crippen molar-refractivity contribution in [3.05, 3.63) is 53.5 Å². The molecule has 0 aromatic heterocycles. The van der Waals surface area contributed by atoms with Crippen LogP contribution < -0.4 is 11.1 Å². The zero-order valence-electron chi connectivity index (χ0n) is 14.2. The van der Waals surface area contributed by atoms with Crippen molar-refractivity contribution in [2.75, 3.05) is 11.1 Å². The van der Waals surface area contributed by atoms with Crippen LogP contribution in [0.5, 0.6) is 0 Å². The zero-order valence-corrected chi connectivity index (χ0v) is 15.8. The van der Waals surface area contributed by atoms with Crippen molar-refractivity contribution < 1.29 is 25.9 Å². The minimum atomic E-state index is -4.38. The Labute approximate surface area is 156 Å². The number of hydrogen-bond donors (Lipinski definition) is 4. The Hall–Kier alpha value is -2.40. The largest absolute Gasteiger partial charge is 0.398 e. The third-order valence-electron chi connectivity index (χ3n) is 4.40. The van der Waals surface area contributed by atoms with E-state index in [-0.39, 0.29) is 21.8 Å². The van der Waals surface area contributed by atoms with Crippen LogP contribution in [0.3, 0.4) is 0 Å². The number of allylic oxidation sites excluding steroid dienone is 1. The fraction of sp³-hybridized carbons (Fsp3) is 0.176. The van der Waals surface area contributed by atoms with Crippen LogP contribution in [0.2, 0.25) is 0 Å². The first kappa shape index (κ1) is 19.4. The molecule has 0 fully saturated rings. The monoisotopic (exact) mass is 410 g/mol. The molecule has 2 atom stereocenters. The lowest BCUT2D eigenvalue weighted by atomic mass is 9.96. The maximum atomic E-state index is 11.4. The Kier molecular flexibility index (Phi) is 4.76.